The van der Waals surface area contributed by atoms with E-state index in [0.29, 0.717) is 29.2 Å². The van der Waals surface area contributed by atoms with Crippen molar-refractivity contribution >= 4 is 23.4 Å². The molecule has 2 unspecified atom stereocenters. The average Bonchev–Trinajstić information content (AvgIpc) is 3.33. The molecule has 1 aromatic carbocycles. The fourth-order valence-corrected chi connectivity index (χ4v) is 3.61. The second-order valence-electron chi connectivity index (χ2n) is 6.53. The van der Waals surface area contributed by atoms with Crippen molar-refractivity contribution in [3.05, 3.63) is 29.3 Å². The van der Waals surface area contributed by atoms with Crippen molar-refractivity contribution in [3.8, 4) is 5.75 Å². The van der Waals surface area contributed by atoms with E-state index in [-0.39, 0.29) is 37.1 Å². The number of carbonyl (C=O) groups excluding carboxylic acids is 2. The zero-order chi connectivity index (χ0) is 17.8. The maximum atomic E-state index is 12.1. The first-order chi connectivity index (χ1) is 12.1. The summed E-state index contributed by atoms with van der Waals surface area (Å²) in [6.07, 6.45) is 1.81. The zero-order valence-corrected chi connectivity index (χ0v) is 14.9. The lowest BCUT2D eigenvalue weighted by Gasteiger charge is -2.19. The molecule has 25 heavy (non-hydrogen) atoms. The van der Waals surface area contributed by atoms with E-state index in [2.05, 4.69) is 10.6 Å². The van der Waals surface area contributed by atoms with Gasteiger partial charge in [0.2, 0.25) is 5.91 Å². The van der Waals surface area contributed by atoms with Gasteiger partial charge < -0.3 is 20.1 Å². The minimum absolute atomic E-state index is 0.0309. The fraction of sp³-hybridized carbons (Fsp3) is 0.556. The second-order valence-corrected chi connectivity index (χ2v) is 6.96. The van der Waals surface area contributed by atoms with Crippen molar-refractivity contribution in [3.63, 3.8) is 0 Å². The zero-order valence-electron chi connectivity index (χ0n) is 14.2. The predicted octanol–water partition coefficient (Wildman–Crippen LogP) is 1.76. The second kappa shape index (κ2) is 8.06. The molecule has 0 aliphatic heterocycles. The number of ether oxygens (including phenoxy) is 2. The Morgan fingerprint density at radius 1 is 1.04 bits per heavy atom. The maximum absolute atomic E-state index is 12.1. The Bertz CT molecular complexity index is 622. The summed E-state index contributed by atoms with van der Waals surface area (Å²) in [6.45, 7) is 2.45. The normalized spacial score (nSPS) is 26.6. The van der Waals surface area contributed by atoms with Crippen LogP contribution in [0.3, 0.4) is 0 Å². The lowest BCUT2D eigenvalue weighted by molar-refractivity contribution is -0.126. The highest BCUT2D eigenvalue weighted by Gasteiger charge is 2.55. The molecule has 3 rings (SSSR count). The summed E-state index contributed by atoms with van der Waals surface area (Å²) in [4.78, 5) is 23.9. The van der Waals surface area contributed by atoms with Gasteiger partial charge in [-0.25, -0.2) is 0 Å². The van der Waals surface area contributed by atoms with Crippen LogP contribution in [0.15, 0.2) is 24.3 Å². The van der Waals surface area contributed by atoms with Gasteiger partial charge in [-0.3, -0.25) is 9.59 Å². The summed E-state index contributed by atoms with van der Waals surface area (Å²) in [7, 11) is 0. The van der Waals surface area contributed by atoms with Crippen LogP contribution in [-0.2, 0) is 14.3 Å². The molecule has 0 aromatic heterocycles. The van der Waals surface area contributed by atoms with Crippen molar-refractivity contribution in [2.24, 2.45) is 11.8 Å². The van der Waals surface area contributed by atoms with Crippen molar-refractivity contribution in [1.82, 2.24) is 10.6 Å². The molecule has 0 spiro atoms. The van der Waals surface area contributed by atoms with Gasteiger partial charge in [-0.2, -0.15) is 0 Å². The Morgan fingerprint density at radius 2 is 1.64 bits per heavy atom. The van der Waals surface area contributed by atoms with Crippen LogP contribution in [0.1, 0.15) is 19.8 Å². The molecule has 1 aromatic rings. The quantitative estimate of drug-likeness (QED) is 0.735. The van der Waals surface area contributed by atoms with Crippen molar-refractivity contribution < 1.29 is 19.1 Å². The number of amides is 2. The van der Waals surface area contributed by atoms with E-state index in [9.17, 15) is 9.59 Å². The van der Waals surface area contributed by atoms with Crippen LogP contribution in [0.2, 0.25) is 5.02 Å². The fourth-order valence-electron chi connectivity index (χ4n) is 3.49. The van der Waals surface area contributed by atoms with Gasteiger partial charge in [0.1, 0.15) is 12.4 Å². The van der Waals surface area contributed by atoms with Gasteiger partial charge in [-0.1, -0.05) is 11.6 Å². The van der Waals surface area contributed by atoms with Crippen LogP contribution in [0.4, 0.5) is 0 Å². The van der Waals surface area contributed by atoms with Gasteiger partial charge in [-0.05, 0) is 55.9 Å². The number of hydrogen-bond acceptors (Lipinski definition) is 4. The van der Waals surface area contributed by atoms with E-state index in [0.717, 1.165) is 12.8 Å². The van der Waals surface area contributed by atoms with Crippen LogP contribution >= 0.6 is 11.6 Å². The molecule has 2 N–H and O–H groups in total. The smallest absolute Gasteiger partial charge is 0.258 e. The van der Waals surface area contributed by atoms with Crippen molar-refractivity contribution in [2.75, 3.05) is 19.8 Å². The molecule has 0 bridgehead atoms. The highest BCUT2D eigenvalue weighted by molar-refractivity contribution is 6.30. The SMILES string of the molecule is CCOCC(=O)N[C@@H]1C[C@H](NC(=O)COc2ccc(Cl)cc2)C2CC21. The van der Waals surface area contributed by atoms with Gasteiger partial charge in [0.25, 0.3) is 5.91 Å². The first-order valence-electron chi connectivity index (χ1n) is 8.61. The van der Waals surface area contributed by atoms with Crippen molar-refractivity contribution in [2.45, 2.75) is 31.8 Å². The Labute approximate surface area is 152 Å². The molecule has 2 aliphatic rings. The minimum atomic E-state index is -0.146. The van der Waals surface area contributed by atoms with Gasteiger partial charge >= 0.3 is 0 Å². The molecule has 0 heterocycles. The van der Waals surface area contributed by atoms with E-state index in [4.69, 9.17) is 21.1 Å². The van der Waals surface area contributed by atoms with Crippen LogP contribution in [0.5, 0.6) is 5.75 Å². The predicted molar refractivity (Wildman–Crippen MR) is 93.5 cm³/mol. The Morgan fingerprint density at radius 3 is 2.24 bits per heavy atom. The molecule has 2 amide bonds. The average molecular weight is 367 g/mol. The first-order valence-corrected chi connectivity index (χ1v) is 8.99. The molecular formula is C18H23ClN2O4. The Balaban J connectivity index is 1.41. The monoisotopic (exact) mass is 366 g/mol. The molecule has 4 atom stereocenters. The van der Waals surface area contributed by atoms with Gasteiger partial charge in [0, 0.05) is 23.7 Å². The highest BCUT2D eigenvalue weighted by atomic mass is 35.5. The molecule has 6 nitrogen and oxygen atoms in total. The van der Waals surface area contributed by atoms with E-state index < -0.39 is 0 Å². The number of fused-ring (bicyclic) bond motifs is 1. The lowest BCUT2D eigenvalue weighted by Crippen LogP contribution is -2.42. The molecule has 0 saturated heterocycles. The van der Waals surface area contributed by atoms with Gasteiger partial charge in [0.15, 0.2) is 6.61 Å². The minimum Gasteiger partial charge on any atom is -0.484 e. The molecular weight excluding hydrogens is 344 g/mol. The molecule has 0 radical (unpaired) electrons. The molecule has 2 fully saturated rings. The summed E-state index contributed by atoms with van der Waals surface area (Å²) < 4.78 is 10.6. The Hall–Kier alpha value is -1.79. The summed E-state index contributed by atoms with van der Waals surface area (Å²) >= 11 is 5.81. The largest absolute Gasteiger partial charge is 0.484 e. The number of halogens is 1. The van der Waals surface area contributed by atoms with Crippen LogP contribution < -0.4 is 15.4 Å². The van der Waals surface area contributed by atoms with E-state index in [1.807, 2.05) is 6.92 Å². The molecule has 136 valence electrons. The first kappa shape index (κ1) is 18.0. The summed E-state index contributed by atoms with van der Waals surface area (Å²) in [5.41, 5.74) is 0. The number of benzene rings is 1. The topological polar surface area (TPSA) is 76.7 Å². The molecule has 7 heteroatoms. The third-order valence-corrected chi connectivity index (χ3v) is 5.00. The maximum Gasteiger partial charge on any atom is 0.258 e. The van der Waals surface area contributed by atoms with Crippen LogP contribution in [-0.4, -0.2) is 43.7 Å². The summed E-state index contributed by atoms with van der Waals surface area (Å²) in [5.74, 6) is 1.30. The van der Waals surface area contributed by atoms with Crippen molar-refractivity contribution in [1.29, 1.82) is 0 Å². The van der Waals surface area contributed by atoms with E-state index >= 15 is 0 Å². The highest BCUT2D eigenvalue weighted by Crippen LogP contribution is 2.51. The third-order valence-electron chi connectivity index (χ3n) is 4.75. The standard InChI is InChI=1S/C18H23ClN2O4/c1-2-24-9-17(22)20-15-8-16(14-7-13(14)15)21-18(23)10-25-12-5-3-11(19)4-6-12/h3-6,13-16H,2,7-10H2,1H3,(H,20,22)(H,21,23)/t13?,14?,15-,16+/m1/s1. The third kappa shape index (κ3) is 4.86. The summed E-state index contributed by atoms with van der Waals surface area (Å²) in [6, 6.07) is 7.12. The van der Waals surface area contributed by atoms with Crippen LogP contribution in [0, 0.1) is 11.8 Å². The number of hydrogen-bond donors (Lipinski definition) is 2. The Kier molecular flexibility index (Phi) is 5.81. The number of carbonyl (C=O) groups is 2. The van der Waals surface area contributed by atoms with E-state index in [1.54, 1.807) is 24.3 Å². The van der Waals surface area contributed by atoms with E-state index in [1.165, 1.54) is 0 Å². The number of nitrogens with one attached hydrogen (secondary N) is 2. The van der Waals surface area contributed by atoms with Crippen LogP contribution in [0.25, 0.3) is 0 Å². The van der Waals surface area contributed by atoms with Gasteiger partial charge in [-0.15, -0.1) is 0 Å². The summed E-state index contributed by atoms with van der Waals surface area (Å²) in [5, 5.41) is 6.66. The molecule has 2 saturated carbocycles. The molecule has 2 aliphatic carbocycles. The lowest BCUT2D eigenvalue weighted by atomic mass is 10.1. The number of rotatable bonds is 8. The van der Waals surface area contributed by atoms with Gasteiger partial charge in [0.05, 0.1) is 0 Å².